The average Bonchev–Trinajstić information content (AvgIpc) is 1.54. The van der Waals surface area contributed by atoms with E-state index in [1.165, 1.54) is 60.7 Å². The van der Waals surface area contributed by atoms with Gasteiger partial charge in [-0.25, -0.2) is 49.3 Å². The van der Waals surface area contributed by atoms with E-state index in [1.54, 1.807) is 25.3 Å². The number of nitrogens with one attached hydrogen (secondary N) is 3. The number of hydrogen-bond donors (Lipinski definition) is 7. The first-order valence-corrected chi connectivity index (χ1v) is 54.1. The molecule has 9 aromatic rings. The standard InChI is InChI=1S/C64H84N22O31P6S6/c1-7-30-31(8-43(106-30)84-23-73-45-51(66)69-21-71-53(45)84)112-119(94,125)100-16-36-32(9-41(108-36)82-14-27(3)56(87)79-62(82)91)114-121(96,127)103-19-39-35(12-44(110-39)85-24-75-47-55(85)77-60(68)78-58(47)89)115-122(97,128)101-17-37-33(10-42(109-37)83-15-28(4)57(88)80-63(83)92)113-120(95,126)102-18-38-34(11-40(107-38)81-13-26(2)50(65)76-61(81)90)116-123(98,129)104-20-64-29(5)105-48(49(64)117-118(93,124)99-6)59(111-64)86-25-74-46-52(67)70-22-72-54(46)86/h13-15,21-25,29-44,48-49,59H,7-12,16-20H2,1-6H3,(H,93,124)(H,94,125)(H,95,126)(H,96,127)(H,97,128)(H,98,129)(H2,65,76,90)(H2,66,69,71)(H2,67,70,72)(H,79,87,91)(H,80,88,92)(H3,68,77,78,89)/p-6/t29-,30+,31+,32+,33+,34+,35+,36+,37+,38+,39+,40+,41+,42+,43+,44+,48?,49+,59+,64-,118?,119?,120?,121?,122?,123?/m0/s1. The molecule has 7 fully saturated rings. The summed E-state index contributed by atoms with van der Waals surface area (Å²) in [5.41, 5.74) is 18.3. The fourth-order valence-corrected chi connectivity index (χ4v) is 24.0. The van der Waals surface area contributed by atoms with Crippen molar-refractivity contribution in [3.63, 3.8) is 0 Å². The minimum absolute atomic E-state index is 0.0222. The van der Waals surface area contributed by atoms with Gasteiger partial charge in [-0.05, 0) is 34.1 Å². The van der Waals surface area contributed by atoms with E-state index in [2.05, 4.69) is 59.8 Å². The Hall–Kier alpha value is -6.24. The van der Waals surface area contributed by atoms with Crippen molar-refractivity contribution >= 4 is 169 Å². The molecule has 7 aliphatic rings. The minimum Gasteiger partial charge on any atom is -0.780 e. The fourth-order valence-electron chi connectivity index (χ4n) is 15.8. The van der Waals surface area contributed by atoms with Crippen molar-refractivity contribution < 1.29 is 116 Å². The van der Waals surface area contributed by atoms with E-state index >= 15 is 0 Å². The Balaban J connectivity index is 0.617. The molecule has 0 radical (unpaired) electrons. The van der Waals surface area contributed by atoms with Crippen LogP contribution in [0.5, 0.6) is 0 Å². The summed E-state index contributed by atoms with van der Waals surface area (Å²) in [6, 6.07) is 0. The predicted octanol–water partition coefficient (Wildman–Crippen LogP) is -2.07. The molecule has 7 saturated heterocycles. The first-order valence-electron chi connectivity index (χ1n) is 38.8. The molecule has 0 aromatic carbocycles. The lowest BCUT2D eigenvalue weighted by Gasteiger charge is -2.40. The van der Waals surface area contributed by atoms with E-state index in [-0.39, 0.29) is 82.5 Å². The van der Waals surface area contributed by atoms with Gasteiger partial charge in [-0.2, -0.15) is 9.97 Å². The zero-order chi connectivity index (χ0) is 92.3. The molecule has 0 saturated carbocycles. The van der Waals surface area contributed by atoms with Crippen LogP contribution >= 0.6 is 40.4 Å². The zero-order valence-corrected chi connectivity index (χ0v) is 77.9. The molecule has 129 heavy (non-hydrogen) atoms. The maximum atomic E-state index is 14.9. The largest absolute Gasteiger partial charge is 0.780 e. The summed E-state index contributed by atoms with van der Waals surface area (Å²) in [4.78, 5) is 195. The van der Waals surface area contributed by atoms with Crippen molar-refractivity contribution in [2.75, 3.05) is 63.1 Å². The number of H-pyrrole nitrogens is 3. The molecule has 2 bridgehead atoms. The normalized spacial score (nSPS) is 31.0. The van der Waals surface area contributed by atoms with Gasteiger partial charge in [0.1, 0.15) is 136 Å². The van der Waals surface area contributed by atoms with Crippen LogP contribution in [0.4, 0.5) is 23.4 Å². The summed E-state index contributed by atoms with van der Waals surface area (Å²) in [6.07, 6.45) is -15.9. The van der Waals surface area contributed by atoms with Gasteiger partial charge >= 0.3 is 17.1 Å². The fraction of sp³-hybridized carbons (Fsp3) is 0.578. The molecule has 11 N–H and O–H groups in total. The highest BCUT2D eigenvalue weighted by Crippen LogP contribution is 2.59. The van der Waals surface area contributed by atoms with Gasteiger partial charge in [-0.3, -0.25) is 61.3 Å². The van der Waals surface area contributed by atoms with Crippen LogP contribution in [0, 0.1) is 20.8 Å². The van der Waals surface area contributed by atoms with Crippen molar-refractivity contribution in [3.8, 4) is 0 Å². The van der Waals surface area contributed by atoms with Gasteiger partial charge in [-0.1, -0.05) is 66.0 Å². The molecule has 26 atom stereocenters. The summed E-state index contributed by atoms with van der Waals surface area (Å²) >= 11 is 32.7. The first-order chi connectivity index (χ1) is 60.9. The number of rotatable bonds is 35. The molecule has 702 valence electrons. The molecule has 0 aliphatic carbocycles. The summed E-state index contributed by atoms with van der Waals surface area (Å²) in [6.45, 7) is -25.2. The van der Waals surface area contributed by atoms with Crippen molar-refractivity contribution in [1.82, 2.24) is 87.2 Å². The Morgan fingerprint density at radius 3 is 1.38 bits per heavy atom. The number of hydrogen-bond acceptors (Lipinski definition) is 50. The summed E-state index contributed by atoms with van der Waals surface area (Å²) < 4.78 is 137. The summed E-state index contributed by atoms with van der Waals surface area (Å²) in [5.74, 6) is -0.308. The van der Waals surface area contributed by atoms with E-state index < -0.39 is 236 Å². The van der Waals surface area contributed by atoms with Crippen LogP contribution in [0.15, 0.2) is 79.0 Å². The monoisotopic (exact) mass is 2030 g/mol. The molecule has 16 heterocycles. The van der Waals surface area contributed by atoms with Crippen LogP contribution < -0.4 is 81.1 Å². The summed E-state index contributed by atoms with van der Waals surface area (Å²) in [7, 11) is 1.06. The highest BCUT2D eigenvalue weighted by Gasteiger charge is 2.68. The van der Waals surface area contributed by atoms with E-state index in [0.29, 0.717) is 23.1 Å². The Morgan fingerprint density at radius 2 is 0.891 bits per heavy atom. The lowest BCUT2D eigenvalue weighted by molar-refractivity contribution is -0.239. The first kappa shape index (κ1) is 95.9. The molecule has 16 rings (SSSR count). The number of aromatic nitrogens is 18. The van der Waals surface area contributed by atoms with Gasteiger partial charge in [-0.15, -0.1) is 0 Å². The van der Waals surface area contributed by atoms with Gasteiger partial charge in [0.15, 0.2) is 47.1 Å². The number of nitrogens with zero attached hydrogens (tertiary/aromatic N) is 15. The molecular formula is C64H78N22O31P6S6-6. The number of imidazole rings is 3. The van der Waals surface area contributed by atoms with Crippen molar-refractivity contribution in [1.29, 1.82) is 0 Å². The molecule has 53 nitrogen and oxygen atoms in total. The third-order valence-electron chi connectivity index (χ3n) is 22.1. The molecule has 65 heteroatoms. The highest BCUT2D eigenvalue weighted by atomic mass is 32.7. The number of aryl methyl sites for hydroxylation is 3. The van der Waals surface area contributed by atoms with Gasteiger partial charge in [0, 0.05) is 74.5 Å². The van der Waals surface area contributed by atoms with Crippen molar-refractivity contribution in [2.45, 2.75) is 195 Å². The molecule has 7 aliphatic heterocycles. The highest BCUT2D eigenvalue weighted by molar-refractivity contribution is 8.32. The molecule has 7 unspecified atom stereocenters. The number of nitrogens with two attached hydrogens (primary N) is 4. The Morgan fingerprint density at radius 1 is 0.481 bits per heavy atom. The number of nitrogen functional groups attached to an aromatic ring is 4. The third kappa shape index (κ3) is 20.5. The Bertz CT molecular complexity index is 6520. The van der Waals surface area contributed by atoms with E-state index in [9.17, 15) is 57.8 Å². The molecular weight excluding hydrogens is 1950 g/mol. The number of ether oxygens (including phenoxy) is 7. The van der Waals surface area contributed by atoms with Gasteiger partial charge in [0.25, 0.3) is 16.7 Å². The smallest absolute Gasteiger partial charge is 0.351 e. The van der Waals surface area contributed by atoms with Gasteiger partial charge in [0.2, 0.25) is 5.95 Å². The second-order valence-electron chi connectivity index (χ2n) is 30.4. The molecule has 0 spiro atoms. The predicted molar refractivity (Wildman–Crippen MR) is 454 cm³/mol. The average molecular weight is 2030 g/mol. The Labute approximate surface area is 755 Å². The zero-order valence-electron chi connectivity index (χ0n) is 67.7. The maximum Gasteiger partial charge on any atom is 0.351 e. The van der Waals surface area contributed by atoms with Crippen LogP contribution in [-0.4, -0.2) is 212 Å². The van der Waals surface area contributed by atoms with E-state index in [4.69, 9.17) is 182 Å². The number of fused-ring (bicyclic) bond motifs is 5. The van der Waals surface area contributed by atoms with Crippen molar-refractivity contribution in [2.24, 2.45) is 0 Å². The minimum atomic E-state index is -5.02. The van der Waals surface area contributed by atoms with Gasteiger partial charge < -0.3 is 147 Å². The third-order valence-corrected chi connectivity index (χ3v) is 31.6. The van der Waals surface area contributed by atoms with Gasteiger partial charge in [0.05, 0.1) is 94.7 Å². The summed E-state index contributed by atoms with van der Waals surface area (Å²) in [5, 5.41) is 0. The van der Waals surface area contributed by atoms with E-state index in [0.717, 1.165) is 33.3 Å². The molecule has 9 aromatic heterocycles. The lowest BCUT2D eigenvalue weighted by Crippen LogP contribution is -2.51. The van der Waals surface area contributed by atoms with E-state index in [1.807, 2.05) is 0 Å². The maximum absolute atomic E-state index is 14.9. The van der Waals surface area contributed by atoms with Crippen LogP contribution in [0.3, 0.4) is 0 Å². The van der Waals surface area contributed by atoms with Crippen LogP contribution in [0.25, 0.3) is 33.5 Å². The number of aromatic amines is 3. The van der Waals surface area contributed by atoms with Crippen LogP contribution in [-0.2, 0) is 163 Å². The Kier molecular flexibility index (Phi) is 27.8. The molecule has 0 amide bonds. The second-order valence-corrected chi connectivity index (χ2v) is 46.7. The second kappa shape index (κ2) is 37.4. The SMILES string of the molecule is CC[C@H]1O[C@@H](n2cnc3c(N)ncnc32)C[C@H]1OP([O-])(=S)OC[C@H]1O[C@@H](n2cc(C)c(=O)[nH]c2=O)C[C@H]1OP(=O)([S-])OC[C@H]1O[C@@H](n2cnc3c(=O)[nH]c(N)nc32)C[C@H]1OP([O-])(=S)OC[C@H]1O[C@@H](n2cc(C)c(=O)[nH]c2=O)C[C@H]1OP([O-])(=S)OC[C@H]1O[C@@H](n2cc(C)c(N)nc2=O)C[C@H]1OP([O-])(=S)OC[C@]12O[C@@H](n3cnc4c(N)ncnc43)C(O[C@H]1C)[C@H]2OP([O-])(=S)OC. The van der Waals surface area contributed by atoms with Crippen molar-refractivity contribution in [3.05, 3.63) is 129 Å². The number of anilines is 4. The topological polar surface area (TPSA) is 707 Å². The van der Waals surface area contributed by atoms with Crippen LogP contribution in [0.1, 0.15) is 106 Å². The lowest BCUT2D eigenvalue weighted by atomic mass is 9.94. The van der Waals surface area contributed by atoms with Crippen LogP contribution in [0.2, 0.25) is 0 Å². The quantitative estimate of drug-likeness (QED) is 0.0166.